The fraction of sp³-hybridized carbons (Fsp3) is 0.583. The Morgan fingerprint density at radius 2 is 2.05 bits per heavy atom. The molecule has 1 N–H and O–H groups in total. The van der Waals surface area contributed by atoms with Crippen LogP contribution in [-0.4, -0.2) is 56.1 Å². The molecule has 1 heterocycles. The van der Waals surface area contributed by atoms with Crippen molar-refractivity contribution in [2.45, 2.75) is 23.8 Å². The molecule has 1 fully saturated rings. The van der Waals surface area contributed by atoms with Gasteiger partial charge >= 0.3 is 0 Å². The molecule has 0 unspecified atom stereocenters. The van der Waals surface area contributed by atoms with Crippen LogP contribution < -0.4 is 4.90 Å². The summed E-state index contributed by atoms with van der Waals surface area (Å²) >= 11 is 0. The molecule has 0 atom stereocenters. The van der Waals surface area contributed by atoms with Crippen LogP contribution in [0.25, 0.3) is 0 Å². The summed E-state index contributed by atoms with van der Waals surface area (Å²) < 4.78 is 25.0. The highest BCUT2D eigenvalue weighted by atomic mass is 32.2. The zero-order valence-corrected chi connectivity index (χ0v) is 12.0. The Labute approximate surface area is 113 Å². The number of anilines is 1. The van der Waals surface area contributed by atoms with Gasteiger partial charge < -0.3 is 10.0 Å². The number of hydrogen-bond acceptors (Lipinski definition) is 5. The summed E-state index contributed by atoms with van der Waals surface area (Å²) in [7, 11) is -0.450. The third kappa shape index (κ3) is 3.05. The number of aromatic nitrogens is 1. The van der Waals surface area contributed by atoms with Gasteiger partial charge in [-0.15, -0.1) is 0 Å². The number of pyridine rings is 1. The monoisotopic (exact) mass is 285 g/mol. The van der Waals surface area contributed by atoms with Crippen LogP contribution in [0.15, 0.2) is 23.2 Å². The normalized spacial score (nSPS) is 15.8. The lowest BCUT2D eigenvalue weighted by atomic mass is 10.4. The number of sulfonamides is 1. The molecule has 0 aromatic carbocycles. The summed E-state index contributed by atoms with van der Waals surface area (Å²) in [5.74, 6) is 0.717. The van der Waals surface area contributed by atoms with E-state index in [0.717, 1.165) is 17.1 Å². The van der Waals surface area contributed by atoms with Crippen LogP contribution in [0, 0.1) is 0 Å². The number of rotatable bonds is 6. The van der Waals surface area contributed by atoms with Gasteiger partial charge in [0.1, 0.15) is 10.7 Å². The maximum Gasteiger partial charge on any atom is 0.244 e. The lowest BCUT2D eigenvalue weighted by Crippen LogP contribution is -2.30. The Bertz CT molecular complexity index is 524. The van der Waals surface area contributed by atoms with E-state index in [-0.39, 0.29) is 11.5 Å². The van der Waals surface area contributed by atoms with Crippen LogP contribution in [0.2, 0.25) is 0 Å². The van der Waals surface area contributed by atoms with Crippen molar-refractivity contribution in [1.82, 2.24) is 9.29 Å². The van der Waals surface area contributed by atoms with Gasteiger partial charge in [0.2, 0.25) is 10.0 Å². The molecule has 19 heavy (non-hydrogen) atoms. The molecular formula is C12H19N3O3S. The molecule has 106 valence electrons. The van der Waals surface area contributed by atoms with E-state index in [4.69, 9.17) is 5.11 Å². The minimum atomic E-state index is -3.43. The summed E-state index contributed by atoms with van der Waals surface area (Å²) in [6, 6.07) is 3.69. The minimum Gasteiger partial charge on any atom is -0.395 e. The van der Waals surface area contributed by atoms with Crippen LogP contribution in [0.4, 0.5) is 5.82 Å². The quantitative estimate of drug-likeness (QED) is 0.813. The van der Waals surface area contributed by atoms with Gasteiger partial charge in [-0.1, -0.05) is 0 Å². The molecule has 1 aliphatic carbocycles. The van der Waals surface area contributed by atoms with Crippen molar-refractivity contribution in [1.29, 1.82) is 0 Å². The summed E-state index contributed by atoms with van der Waals surface area (Å²) in [6.07, 6.45) is 3.57. The predicted octanol–water partition coefficient (Wildman–Crippen LogP) is 0.293. The zero-order valence-electron chi connectivity index (χ0n) is 11.2. The van der Waals surface area contributed by atoms with E-state index in [9.17, 15) is 8.42 Å². The molecule has 0 spiro atoms. The fourth-order valence-corrected chi connectivity index (χ4v) is 2.73. The van der Waals surface area contributed by atoms with Gasteiger partial charge in [0.15, 0.2) is 0 Å². The first-order valence-electron chi connectivity index (χ1n) is 6.23. The summed E-state index contributed by atoms with van der Waals surface area (Å²) in [4.78, 5) is 6.42. The second-order valence-electron chi connectivity index (χ2n) is 4.79. The minimum absolute atomic E-state index is 0.0654. The standard InChI is InChI=1S/C12H19N3O3S/c1-14(2)19(17,18)11-5-6-12(13-9-11)15(7-8-16)10-3-4-10/h5-6,9-10,16H,3-4,7-8H2,1-2H3. The van der Waals surface area contributed by atoms with E-state index < -0.39 is 10.0 Å². The largest absolute Gasteiger partial charge is 0.395 e. The van der Waals surface area contributed by atoms with Crippen molar-refractivity contribution in [3.8, 4) is 0 Å². The highest BCUT2D eigenvalue weighted by Crippen LogP contribution is 2.30. The average Bonchev–Trinajstić information content (AvgIpc) is 3.20. The molecule has 1 aromatic rings. The van der Waals surface area contributed by atoms with E-state index in [1.165, 1.54) is 20.3 Å². The SMILES string of the molecule is CN(C)S(=O)(=O)c1ccc(N(CCO)C2CC2)nc1. The van der Waals surface area contributed by atoms with Crippen molar-refractivity contribution < 1.29 is 13.5 Å². The molecule has 7 heteroatoms. The predicted molar refractivity (Wildman–Crippen MR) is 72.6 cm³/mol. The van der Waals surface area contributed by atoms with E-state index in [2.05, 4.69) is 4.98 Å². The van der Waals surface area contributed by atoms with Crippen molar-refractivity contribution >= 4 is 15.8 Å². The van der Waals surface area contributed by atoms with Gasteiger partial charge in [-0.05, 0) is 25.0 Å². The van der Waals surface area contributed by atoms with Crippen molar-refractivity contribution in [2.75, 3.05) is 32.1 Å². The molecule has 0 saturated heterocycles. The third-order valence-electron chi connectivity index (χ3n) is 3.12. The van der Waals surface area contributed by atoms with Gasteiger partial charge in [0, 0.05) is 32.9 Å². The molecule has 1 saturated carbocycles. The second-order valence-corrected chi connectivity index (χ2v) is 6.94. The Hall–Kier alpha value is -1.18. The number of hydrogen-bond donors (Lipinski definition) is 1. The highest BCUT2D eigenvalue weighted by molar-refractivity contribution is 7.89. The summed E-state index contributed by atoms with van der Waals surface area (Å²) in [6.45, 7) is 0.591. The van der Waals surface area contributed by atoms with Crippen LogP contribution >= 0.6 is 0 Å². The molecular weight excluding hydrogens is 266 g/mol. The zero-order chi connectivity index (χ0) is 14.0. The van der Waals surface area contributed by atoms with Gasteiger partial charge in [-0.25, -0.2) is 17.7 Å². The lowest BCUT2D eigenvalue weighted by Gasteiger charge is -2.22. The van der Waals surface area contributed by atoms with Crippen molar-refractivity contribution in [3.63, 3.8) is 0 Å². The van der Waals surface area contributed by atoms with Gasteiger partial charge in [-0.3, -0.25) is 0 Å². The van der Waals surface area contributed by atoms with E-state index in [1.807, 2.05) is 4.90 Å². The van der Waals surface area contributed by atoms with Crippen LogP contribution in [0.5, 0.6) is 0 Å². The Morgan fingerprint density at radius 1 is 1.37 bits per heavy atom. The van der Waals surface area contributed by atoms with Gasteiger partial charge in [0.25, 0.3) is 0 Å². The highest BCUT2D eigenvalue weighted by Gasteiger charge is 2.29. The molecule has 0 aliphatic heterocycles. The average molecular weight is 285 g/mol. The van der Waals surface area contributed by atoms with E-state index in [0.29, 0.717) is 18.4 Å². The fourth-order valence-electron chi connectivity index (χ4n) is 1.88. The Kier molecular flexibility index (Phi) is 4.07. The van der Waals surface area contributed by atoms with Crippen molar-refractivity contribution in [2.24, 2.45) is 0 Å². The number of nitrogens with zero attached hydrogens (tertiary/aromatic N) is 3. The lowest BCUT2D eigenvalue weighted by molar-refractivity contribution is 0.301. The molecule has 2 rings (SSSR count). The number of aliphatic hydroxyl groups is 1. The van der Waals surface area contributed by atoms with Crippen LogP contribution in [0.3, 0.4) is 0 Å². The van der Waals surface area contributed by atoms with E-state index >= 15 is 0 Å². The second kappa shape index (κ2) is 5.44. The Balaban J connectivity index is 2.22. The summed E-state index contributed by atoms with van der Waals surface area (Å²) in [5, 5.41) is 9.06. The summed E-state index contributed by atoms with van der Waals surface area (Å²) in [5.41, 5.74) is 0. The van der Waals surface area contributed by atoms with Crippen LogP contribution in [0.1, 0.15) is 12.8 Å². The third-order valence-corrected chi connectivity index (χ3v) is 4.92. The molecule has 0 bridgehead atoms. The molecule has 0 amide bonds. The first-order valence-corrected chi connectivity index (χ1v) is 7.67. The molecule has 1 aliphatic rings. The first kappa shape index (κ1) is 14.2. The number of aliphatic hydroxyl groups excluding tert-OH is 1. The topological polar surface area (TPSA) is 73.7 Å². The van der Waals surface area contributed by atoms with Gasteiger partial charge in [0.05, 0.1) is 6.61 Å². The first-order chi connectivity index (χ1) is 8.96. The van der Waals surface area contributed by atoms with Crippen LogP contribution in [-0.2, 0) is 10.0 Å². The van der Waals surface area contributed by atoms with E-state index in [1.54, 1.807) is 12.1 Å². The molecule has 1 aromatic heterocycles. The maximum absolute atomic E-state index is 11.9. The molecule has 6 nitrogen and oxygen atoms in total. The molecule has 0 radical (unpaired) electrons. The van der Waals surface area contributed by atoms with Crippen molar-refractivity contribution in [3.05, 3.63) is 18.3 Å². The Morgan fingerprint density at radius 3 is 2.47 bits per heavy atom. The smallest absolute Gasteiger partial charge is 0.244 e. The van der Waals surface area contributed by atoms with Gasteiger partial charge in [-0.2, -0.15) is 0 Å². The maximum atomic E-state index is 11.9.